The summed E-state index contributed by atoms with van der Waals surface area (Å²) in [5.74, 6) is -0.0406. The molecule has 1 fully saturated rings. The zero-order chi connectivity index (χ0) is 24.6. The van der Waals surface area contributed by atoms with Crippen molar-refractivity contribution in [3.8, 4) is 5.69 Å². The number of aryl methyl sites for hydroxylation is 1. The Kier molecular flexibility index (Phi) is 6.88. The second-order valence-electron chi connectivity index (χ2n) is 9.18. The number of nitrogens with one attached hydrogen (secondary N) is 2. The van der Waals surface area contributed by atoms with Crippen molar-refractivity contribution in [1.82, 2.24) is 30.1 Å². The summed E-state index contributed by atoms with van der Waals surface area (Å²) in [6.45, 7) is 9.07. The second kappa shape index (κ2) is 9.69. The lowest BCUT2D eigenvalue weighted by Crippen LogP contribution is -2.43. The van der Waals surface area contributed by atoms with Gasteiger partial charge < -0.3 is 9.30 Å². The first-order valence-electron chi connectivity index (χ1n) is 11.8. The minimum absolute atomic E-state index is 0.139. The number of hydrogen-bond acceptors (Lipinski definition) is 7. The van der Waals surface area contributed by atoms with E-state index in [-0.39, 0.29) is 18.2 Å². The van der Waals surface area contributed by atoms with E-state index in [4.69, 9.17) is 4.74 Å². The predicted molar refractivity (Wildman–Crippen MR) is 132 cm³/mol. The Morgan fingerprint density at radius 3 is 2.59 bits per heavy atom. The molecule has 0 saturated carbocycles. The summed E-state index contributed by atoms with van der Waals surface area (Å²) < 4.78 is 8.66. The molecule has 0 spiro atoms. The lowest BCUT2D eigenvalue weighted by molar-refractivity contribution is 0.0523. The molecular formula is C25H34N6O3. The highest BCUT2D eigenvalue weighted by Crippen LogP contribution is 2.27. The minimum atomic E-state index is -0.413. The number of hydrogen-bond donors (Lipinski definition) is 2. The van der Waals surface area contributed by atoms with E-state index in [0.717, 1.165) is 10.9 Å². The summed E-state index contributed by atoms with van der Waals surface area (Å²) in [6, 6.07) is 10.1. The van der Waals surface area contributed by atoms with Crippen LogP contribution in [0.1, 0.15) is 43.7 Å². The molecule has 4 rings (SSSR count). The summed E-state index contributed by atoms with van der Waals surface area (Å²) in [6.07, 6.45) is 1.54. The Bertz CT molecular complexity index is 1240. The zero-order valence-corrected chi connectivity index (χ0v) is 20.7. The van der Waals surface area contributed by atoms with E-state index >= 15 is 0 Å². The number of benzene rings is 1. The van der Waals surface area contributed by atoms with Crippen LogP contribution in [0.25, 0.3) is 16.6 Å². The average Bonchev–Trinajstić information content (AvgIpc) is 3.38. The highest BCUT2D eigenvalue weighted by Gasteiger charge is 2.36. The minimum Gasteiger partial charge on any atom is -0.462 e. The molecule has 34 heavy (non-hydrogen) atoms. The van der Waals surface area contributed by atoms with Gasteiger partial charge in [-0.15, -0.1) is 0 Å². The number of aromatic nitrogens is 3. The predicted octanol–water partition coefficient (Wildman–Crippen LogP) is 2.22. The molecule has 3 atom stereocenters. The first-order valence-corrected chi connectivity index (χ1v) is 11.8. The molecule has 3 aromatic rings. The Morgan fingerprint density at radius 1 is 1.24 bits per heavy atom. The van der Waals surface area contributed by atoms with Crippen molar-refractivity contribution in [2.24, 2.45) is 13.0 Å². The van der Waals surface area contributed by atoms with Crippen molar-refractivity contribution >= 4 is 16.9 Å². The van der Waals surface area contributed by atoms with E-state index in [1.807, 2.05) is 24.3 Å². The van der Waals surface area contributed by atoms with Crippen LogP contribution >= 0.6 is 0 Å². The van der Waals surface area contributed by atoms with Gasteiger partial charge in [-0.05, 0) is 40.8 Å². The monoisotopic (exact) mass is 466 g/mol. The number of rotatable bonds is 7. The number of carbonyl (C=O) groups is 1. The van der Waals surface area contributed by atoms with Crippen molar-refractivity contribution in [3.05, 3.63) is 58.1 Å². The van der Waals surface area contributed by atoms with Crippen molar-refractivity contribution in [2.45, 2.75) is 52.4 Å². The third-order valence-corrected chi connectivity index (χ3v) is 7.07. The maximum absolute atomic E-state index is 12.8. The summed E-state index contributed by atoms with van der Waals surface area (Å²) in [5.41, 5.74) is 9.07. The molecule has 0 aliphatic carbocycles. The molecule has 9 nitrogen and oxygen atoms in total. The molecule has 0 radical (unpaired) electrons. The summed E-state index contributed by atoms with van der Waals surface area (Å²) in [7, 11) is 3.81. The van der Waals surface area contributed by atoms with Crippen LogP contribution < -0.4 is 16.4 Å². The van der Waals surface area contributed by atoms with Gasteiger partial charge in [0.2, 0.25) is 0 Å². The fourth-order valence-corrected chi connectivity index (χ4v) is 5.08. The lowest BCUT2D eigenvalue weighted by atomic mass is 9.89. The van der Waals surface area contributed by atoms with Gasteiger partial charge in [-0.25, -0.2) is 9.48 Å². The molecule has 182 valence electrons. The normalized spacial score (nSPS) is 21.3. The van der Waals surface area contributed by atoms with Gasteiger partial charge >= 0.3 is 5.97 Å². The van der Waals surface area contributed by atoms with Gasteiger partial charge in [-0.3, -0.25) is 20.5 Å². The largest absolute Gasteiger partial charge is 0.462 e. The van der Waals surface area contributed by atoms with Gasteiger partial charge in [0.05, 0.1) is 29.7 Å². The molecule has 3 unspecified atom stereocenters. The molecule has 3 heterocycles. The smallest absolute Gasteiger partial charge is 0.341 e. The fraction of sp³-hybridized carbons (Fsp3) is 0.480. The van der Waals surface area contributed by atoms with E-state index in [9.17, 15) is 9.59 Å². The van der Waals surface area contributed by atoms with E-state index in [1.165, 1.54) is 0 Å². The standard InChI is InChI=1S/C25H34N6O3/c1-7-34-25(33)19-13-26-31(21-12-23(32)30(6)20-11-9-8-10-18(20)21)22(19)14-29(5)17(4)24-15(2)27-28-16(24)3/h8-13,15-17,24,27-28H,7,14H2,1-6H3. The molecule has 1 aliphatic heterocycles. The van der Waals surface area contributed by atoms with Crippen molar-refractivity contribution in [1.29, 1.82) is 0 Å². The van der Waals surface area contributed by atoms with Crippen LogP contribution in [0.2, 0.25) is 0 Å². The summed E-state index contributed by atoms with van der Waals surface area (Å²) in [4.78, 5) is 27.8. The molecule has 2 N–H and O–H groups in total. The van der Waals surface area contributed by atoms with Crippen LogP contribution in [0.3, 0.4) is 0 Å². The first kappa shape index (κ1) is 24.1. The van der Waals surface area contributed by atoms with Crippen molar-refractivity contribution < 1.29 is 9.53 Å². The van der Waals surface area contributed by atoms with E-state index < -0.39 is 5.97 Å². The summed E-state index contributed by atoms with van der Waals surface area (Å²) in [5, 5.41) is 5.45. The van der Waals surface area contributed by atoms with Gasteiger partial charge in [-0.1, -0.05) is 18.2 Å². The van der Waals surface area contributed by atoms with Gasteiger partial charge in [0.15, 0.2) is 0 Å². The summed E-state index contributed by atoms with van der Waals surface area (Å²) >= 11 is 0. The SMILES string of the molecule is CCOC(=O)c1cnn(-c2cc(=O)n(C)c3ccccc23)c1CN(C)C(C)C1C(C)NNC1C. The van der Waals surface area contributed by atoms with Crippen molar-refractivity contribution in [3.63, 3.8) is 0 Å². The molecular weight excluding hydrogens is 432 g/mol. The molecule has 2 aromatic heterocycles. The van der Waals surface area contributed by atoms with Gasteiger partial charge in [0, 0.05) is 49.1 Å². The first-order chi connectivity index (χ1) is 16.2. The average molecular weight is 467 g/mol. The van der Waals surface area contributed by atoms with Crippen LogP contribution in [0.5, 0.6) is 0 Å². The topological polar surface area (TPSA) is 93.4 Å². The van der Waals surface area contributed by atoms with Crippen LogP contribution in [0, 0.1) is 5.92 Å². The van der Waals surface area contributed by atoms with Crippen molar-refractivity contribution in [2.75, 3.05) is 13.7 Å². The van der Waals surface area contributed by atoms with Crippen LogP contribution in [-0.2, 0) is 18.3 Å². The quantitative estimate of drug-likeness (QED) is 0.516. The van der Waals surface area contributed by atoms with Gasteiger partial charge in [-0.2, -0.15) is 5.10 Å². The maximum atomic E-state index is 12.8. The van der Waals surface area contributed by atoms with Crippen LogP contribution in [0.4, 0.5) is 0 Å². The molecule has 0 bridgehead atoms. The number of ether oxygens (including phenoxy) is 1. The van der Waals surface area contributed by atoms with E-state index in [1.54, 1.807) is 35.5 Å². The van der Waals surface area contributed by atoms with E-state index in [2.05, 4.69) is 48.7 Å². The zero-order valence-electron chi connectivity index (χ0n) is 20.7. The Balaban J connectivity index is 1.81. The molecule has 1 aliphatic rings. The lowest BCUT2D eigenvalue weighted by Gasteiger charge is -2.33. The third kappa shape index (κ3) is 4.26. The highest BCUT2D eigenvalue weighted by molar-refractivity contribution is 5.92. The van der Waals surface area contributed by atoms with Crippen LogP contribution in [0.15, 0.2) is 41.3 Å². The highest BCUT2D eigenvalue weighted by atomic mass is 16.5. The number of para-hydroxylation sites is 1. The maximum Gasteiger partial charge on any atom is 0.341 e. The van der Waals surface area contributed by atoms with E-state index in [0.29, 0.717) is 41.5 Å². The molecule has 1 aromatic carbocycles. The van der Waals surface area contributed by atoms with Gasteiger partial charge in [0.25, 0.3) is 5.56 Å². The Hall–Kier alpha value is -3.01. The third-order valence-electron chi connectivity index (χ3n) is 7.07. The van der Waals surface area contributed by atoms with Crippen LogP contribution in [-0.4, -0.2) is 57.0 Å². The fourth-order valence-electron chi connectivity index (χ4n) is 5.08. The number of pyridine rings is 1. The number of fused-ring (bicyclic) bond motifs is 1. The molecule has 0 amide bonds. The second-order valence-corrected chi connectivity index (χ2v) is 9.18. The van der Waals surface area contributed by atoms with Gasteiger partial charge in [0.1, 0.15) is 5.56 Å². The Morgan fingerprint density at radius 2 is 1.91 bits per heavy atom. The Labute approximate surface area is 199 Å². The number of nitrogens with zero attached hydrogens (tertiary/aromatic N) is 4. The molecule has 9 heteroatoms. The number of hydrazine groups is 1. The molecule has 1 saturated heterocycles. The number of carbonyl (C=O) groups excluding carboxylic acids is 1. The number of esters is 1.